The molecule has 112 valence electrons. The molecule has 0 aromatic carbocycles. The molecule has 3 heterocycles. The Morgan fingerprint density at radius 1 is 1.41 bits per heavy atom. The molecule has 1 amide bonds. The molecule has 0 unspecified atom stereocenters. The van der Waals surface area contributed by atoms with Crippen molar-refractivity contribution in [3.63, 3.8) is 0 Å². The van der Waals surface area contributed by atoms with Crippen molar-refractivity contribution in [2.24, 2.45) is 0 Å². The molecule has 0 radical (unpaired) electrons. The smallest absolute Gasteiger partial charge is 0.254 e. The fraction of sp³-hybridized carbons (Fsp3) is 0.133. The Labute approximate surface area is 140 Å². The molecule has 5 nitrogen and oxygen atoms in total. The standard InChI is InChI=1S/C15H12BrClN4O/c16-10-7-12(14(17)19-8-10)15(22)18-5-4-11-9-21-6-2-1-3-13(21)20-11/h1-3,6-9H,4-5H2,(H,18,22). The summed E-state index contributed by atoms with van der Waals surface area (Å²) in [4.78, 5) is 20.5. The van der Waals surface area contributed by atoms with Gasteiger partial charge < -0.3 is 9.72 Å². The summed E-state index contributed by atoms with van der Waals surface area (Å²) in [5, 5.41) is 3.01. The molecule has 0 fully saturated rings. The second kappa shape index (κ2) is 6.46. The molecule has 0 saturated heterocycles. The summed E-state index contributed by atoms with van der Waals surface area (Å²) < 4.78 is 2.66. The van der Waals surface area contributed by atoms with Crippen LogP contribution >= 0.6 is 27.5 Å². The molecule has 7 heteroatoms. The molecule has 0 aliphatic rings. The highest BCUT2D eigenvalue weighted by Gasteiger charge is 2.11. The van der Waals surface area contributed by atoms with E-state index in [4.69, 9.17) is 11.6 Å². The van der Waals surface area contributed by atoms with Gasteiger partial charge in [0.1, 0.15) is 10.8 Å². The predicted molar refractivity (Wildman–Crippen MR) is 88.2 cm³/mol. The van der Waals surface area contributed by atoms with Crippen molar-refractivity contribution >= 4 is 39.1 Å². The third kappa shape index (κ3) is 3.28. The minimum absolute atomic E-state index is 0.188. The Hall–Kier alpha value is -1.92. The van der Waals surface area contributed by atoms with E-state index in [2.05, 4.69) is 31.2 Å². The lowest BCUT2D eigenvalue weighted by atomic mass is 10.2. The van der Waals surface area contributed by atoms with Gasteiger partial charge in [0.05, 0.1) is 11.3 Å². The van der Waals surface area contributed by atoms with Crippen molar-refractivity contribution in [3.8, 4) is 0 Å². The Morgan fingerprint density at radius 2 is 2.27 bits per heavy atom. The van der Waals surface area contributed by atoms with Crippen molar-refractivity contribution in [1.82, 2.24) is 19.7 Å². The predicted octanol–water partition coefficient (Wildman–Crippen LogP) is 3.12. The molecule has 3 aromatic rings. The summed E-state index contributed by atoms with van der Waals surface area (Å²) >= 11 is 9.21. The van der Waals surface area contributed by atoms with Crippen LogP contribution < -0.4 is 5.32 Å². The lowest BCUT2D eigenvalue weighted by Gasteiger charge is -2.05. The quantitative estimate of drug-likeness (QED) is 0.709. The molecule has 0 aliphatic heterocycles. The number of amides is 1. The number of fused-ring (bicyclic) bond motifs is 1. The molecular formula is C15H12BrClN4O. The van der Waals surface area contributed by atoms with E-state index in [0.717, 1.165) is 11.3 Å². The molecule has 0 aliphatic carbocycles. The van der Waals surface area contributed by atoms with Crippen LogP contribution in [0.5, 0.6) is 0 Å². The van der Waals surface area contributed by atoms with E-state index >= 15 is 0 Å². The van der Waals surface area contributed by atoms with Gasteiger partial charge in [0.15, 0.2) is 0 Å². The lowest BCUT2D eigenvalue weighted by Crippen LogP contribution is -2.26. The van der Waals surface area contributed by atoms with Crippen LogP contribution in [-0.4, -0.2) is 26.8 Å². The van der Waals surface area contributed by atoms with Crippen molar-refractivity contribution in [2.45, 2.75) is 6.42 Å². The molecule has 3 rings (SSSR count). The van der Waals surface area contributed by atoms with Gasteiger partial charge in [-0.2, -0.15) is 0 Å². The number of carbonyl (C=O) groups is 1. The molecule has 0 atom stereocenters. The van der Waals surface area contributed by atoms with Gasteiger partial charge in [-0.25, -0.2) is 9.97 Å². The van der Waals surface area contributed by atoms with Crippen molar-refractivity contribution in [1.29, 1.82) is 0 Å². The van der Waals surface area contributed by atoms with Gasteiger partial charge in [-0.1, -0.05) is 17.7 Å². The van der Waals surface area contributed by atoms with Crippen LogP contribution in [0.1, 0.15) is 16.1 Å². The first-order valence-electron chi connectivity index (χ1n) is 6.65. The van der Waals surface area contributed by atoms with Gasteiger partial charge in [0.2, 0.25) is 0 Å². The average molecular weight is 380 g/mol. The molecular weight excluding hydrogens is 368 g/mol. The third-order valence-electron chi connectivity index (χ3n) is 3.13. The highest BCUT2D eigenvalue weighted by atomic mass is 79.9. The lowest BCUT2D eigenvalue weighted by molar-refractivity contribution is 0.0954. The van der Waals surface area contributed by atoms with E-state index in [-0.39, 0.29) is 11.1 Å². The van der Waals surface area contributed by atoms with Gasteiger partial charge >= 0.3 is 0 Å². The Bertz CT molecular complexity index is 800. The number of nitrogens with zero attached hydrogens (tertiary/aromatic N) is 3. The zero-order chi connectivity index (χ0) is 15.5. The van der Waals surface area contributed by atoms with Crippen molar-refractivity contribution in [2.75, 3.05) is 6.54 Å². The highest BCUT2D eigenvalue weighted by Crippen LogP contribution is 2.17. The van der Waals surface area contributed by atoms with Crippen LogP contribution in [0.2, 0.25) is 5.15 Å². The van der Waals surface area contributed by atoms with Crippen molar-refractivity contribution in [3.05, 3.63) is 63.7 Å². The molecule has 1 N–H and O–H groups in total. The van der Waals surface area contributed by atoms with E-state index in [1.165, 1.54) is 0 Å². The number of nitrogens with one attached hydrogen (secondary N) is 1. The number of imidazole rings is 1. The fourth-order valence-electron chi connectivity index (χ4n) is 2.09. The number of carbonyl (C=O) groups excluding carboxylic acids is 1. The average Bonchev–Trinajstić information content (AvgIpc) is 2.92. The summed E-state index contributed by atoms with van der Waals surface area (Å²) in [5.41, 5.74) is 2.17. The maximum absolute atomic E-state index is 12.1. The normalized spacial score (nSPS) is 10.8. The first-order chi connectivity index (χ1) is 10.6. The zero-order valence-corrected chi connectivity index (χ0v) is 13.8. The summed E-state index contributed by atoms with van der Waals surface area (Å²) in [7, 11) is 0. The summed E-state index contributed by atoms with van der Waals surface area (Å²) in [6.45, 7) is 0.478. The number of halogens is 2. The minimum Gasteiger partial charge on any atom is -0.352 e. The SMILES string of the molecule is O=C(NCCc1cn2ccccc2n1)c1cc(Br)cnc1Cl. The summed E-state index contributed by atoms with van der Waals surface area (Å²) in [6.07, 6.45) is 6.09. The van der Waals surface area contributed by atoms with Crippen molar-refractivity contribution < 1.29 is 4.79 Å². The number of hydrogen-bond donors (Lipinski definition) is 1. The van der Waals surface area contributed by atoms with Crippen LogP contribution in [0, 0.1) is 0 Å². The second-order valence-corrected chi connectivity index (χ2v) is 5.97. The first kappa shape index (κ1) is 15.0. The van der Waals surface area contributed by atoms with Gasteiger partial charge in [0.25, 0.3) is 5.91 Å². The number of aromatic nitrogens is 3. The van der Waals surface area contributed by atoms with Crippen LogP contribution in [0.3, 0.4) is 0 Å². The largest absolute Gasteiger partial charge is 0.352 e. The third-order valence-corrected chi connectivity index (χ3v) is 3.87. The molecule has 3 aromatic heterocycles. The minimum atomic E-state index is -0.248. The fourth-order valence-corrected chi connectivity index (χ4v) is 2.61. The van der Waals surface area contributed by atoms with E-state index in [0.29, 0.717) is 23.0 Å². The maximum atomic E-state index is 12.1. The summed E-state index contributed by atoms with van der Waals surface area (Å²) in [5.74, 6) is -0.248. The second-order valence-electron chi connectivity index (χ2n) is 4.70. The van der Waals surface area contributed by atoms with Crippen LogP contribution in [-0.2, 0) is 6.42 Å². The maximum Gasteiger partial charge on any atom is 0.254 e. The zero-order valence-electron chi connectivity index (χ0n) is 11.5. The molecule has 0 bridgehead atoms. The molecule has 0 saturated carbocycles. The van der Waals surface area contributed by atoms with Gasteiger partial charge in [0, 0.05) is 36.0 Å². The highest BCUT2D eigenvalue weighted by molar-refractivity contribution is 9.10. The monoisotopic (exact) mass is 378 g/mol. The summed E-state index contributed by atoms with van der Waals surface area (Å²) in [6, 6.07) is 7.48. The van der Waals surface area contributed by atoms with E-state index in [9.17, 15) is 4.79 Å². The Morgan fingerprint density at radius 3 is 3.09 bits per heavy atom. The van der Waals surface area contributed by atoms with Crippen LogP contribution in [0.4, 0.5) is 0 Å². The Balaban J connectivity index is 1.62. The van der Waals surface area contributed by atoms with E-state index in [1.54, 1.807) is 12.3 Å². The van der Waals surface area contributed by atoms with Gasteiger partial charge in [-0.15, -0.1) is 0 Å². The van der Waals surface area contributed by atoms with Crippen LogP contribution in [0.15, 0.2) is 47.3 Å². The Kier molecular flexibility index (Phi) is 4.40. The number of rotatable bonds is 4. The molecule has 22 heavy (non-hydrogen) atoms. The number of hydrogen-bond acceptors (Lipinski definition) is 3. The number of pyridine rings is 2. The van der Waals surface area contributed by atoms with Gasteiger partial charge in [-0.3, -0.25) is 4.79 Å². The molecule has 0 spiro atoms. The topological polar surface area (TPSA) is 59.3 Å². The van der Waals surface area contributed by atoms with Gasteiger partial charge in [-0.05, 0) is 34.1 Å². The van der Waals surface area contributed by atoms with Crippen LogP contribution in [0.25, 0.3) is 5.65 Å². The van der Waals surface area contributed by atoms with E-state index in [1.807, 2.05) is 35.0 Å². The van der Waals surface area contributed by atoms with E-state index < -0.39 is 0 Å². The first-order valence-corrected chi connectivity index (χ1v) is 7.82.